The van der Waals surface area contributed by atoms with Crippen LogP contribution in [0.4, 0.5) is 5.69 Å². The van der Waals surface area contributed by atoms with Gasteiger partial charge < -0.3 is 20.7 Å². The summed E-state index contributed by atoms with van der Waals surface area (Å²) in [6.07, 6.45) is 3.40. The van der Waals surface area contributed by atoms with Crippen molar-refractivity contribution in [2.45, 2.75) is 26.6 Å². The van der Waals surface area contributed by atoms with Crippen LogP contribution in [0.3, 0.4) is 0 Å². The molecule has 8 heteroatoms. The molecule has 0 bridgehead atoms. The Labute approximate surface area is 182 Å². The number of amides is 1. The maximum absolute atomic E-state index is 12.2. The number of ether oxygens (including phenoxy) is 1. The largest absolute Gasteiger partial charge is 0.497 e. The van der Waals surface area contributed by atoms with Crippen LogP contribution in [-0.4, -0.2) is 35.3 Å². The Balaban J connectivity index is 1.58. The zero-order valence-electron chi connectivity index (χ0n) is 17.8. The van der Waals surface area contributed by atoms with Gasteiger partial charge in [-0.15, -0.1) is 0 Å². The average molecular weight is 421 g/mol. The van der Waals surface area contributed by atoms with Crippen molar-refractivity contribution in [1.82, 2.24) is 20.4 Å². The molecular weight excluding hydrogens is 392 g/mol. The number of carbonyl (C=O) groups is 1. The fraction of sp³-hybridized carbons (Fsp3) is 0.261. The molecule has 1 heterocycles. The summed E-state index contributed by atoms with van der Waals surface area (Å²) >= 11 is 0. The van der Waals surface area contributed by atoms with Crippen molar-refractivity contribution in [3.05, 3.63) is 78.1 Å². The smallest absolute Gasteiger partial charge is 0.246 e. The molecule has 1 aromatic heterocycles. The van der Waals surface area contributed by atoms with Crippen LogP contribution in [0.15, 0.2) is 72.0 Å². The molecular formula is C23H28N6O2. The molecule has 3 rings (SSSR count). The van der Waals surface area contributed by atoms with Crippen molar-refractivity contribution in [3.8, 4) is 5.75 Å². The molecule has 1 amide bonds. The topological polar surface area (TPSA) is 92.6 Å². The van der Waals surface area contributed by atoms with E-state index in [2.05, 4.69) is 26.0 Å². The second-order valence-electron chi connectivity index (χ2n) is 6.85. The Hall–Kier alpha value is -3.81. The van der Waals surface area contributed by atoms with Crippen LogP contribution in [0.5, 0.6) is 5.75 Å². The number of nitrogens with one attached hydrogen (secondary N) is 3. The van der Waals surface area contributed by atoms with Crippen LogP contribution in [0.1, 0.15) is 18.1 Å². The number of hydrogen-bond donors (Lipinski definition) is 3. The van der Waals surface area contributed by atoms with Crippen LogP contribution in [0, 0.1) is 0 Å². The molecule has 0 saturated heterocycles. The van der Waals surface area contributed by atoms with E-state index in [1.165, 1.54) is 0 Å². The van der Waals surface area contributed by atoms with Crippen LogP contribution in [-0.2, 0) is 24.4 Å². The molecule has 0 atom stereocenters. The SMILES string of the molecule is CCNC(=NCc1cccc(NC(=O)Cn2cccn2)c1)NCc1cccc(OC)c1. The molecule has 31 heavy (non-hydrogen) atoms. The van der Waals surface area contributed by atoms with Crippen molar-refractivity contribution in [3.63, 3.8) is 0 Å². The highest BCUT2D eigenvalue weighted by atomic mass is 16.5. The molecule has 8 nitrogen and oxygen atoms in total. The summed E-state index contributed by atoms with van der Waals surface area (Å²) in [5, 5.41) is 13.5. The van der Waals surface area contributed by atoms with Crippen molar-refractivity contribution >= 4 is 17.6 Å². The van der Waals surface area contributed by atoms with Crippen molar-refractivity contribution in [2.24, 2.45) is 4.99 Å². The number of rotatable bonds is 9. The zero-order valence-corrected chi connectivity index (χ0v) is 17.8. The lowest BCUT2D eigenvalue weighted by molar-refractivity contribution is -0.116. The fourth-order valence-corrected chi connectivity index (χ4v) is 2.97. The highest BCUT2D eigenvalue weighted by Crippen LogP contribution is 2.13. The van der Waals surface area contributed by atoms with Gasteiger partial charge in [0.05, 0.1) is 13.7 Å². The monoisotopic (exact) mass is 420 g/mol. The lowest BCUT2D eigenvalue weighted by Crippen LogP contribution is -2.36. The lowest BCUT2D eigenvalue weighted by atomic mass is 10.2. The van der Waals surface area contributed by atoms with Crippen molar-refractivity contribution in [2.75, 3.05) is 19.0 Å². The third-order valence-electron chi connectivity index (χ3n) is 4.43. The first kappa shape index (κ1) is 21.9. The first-order chi connectivity index (χ1) is 15.2. The summed E-state index contributed by atoms with van der Waals surface area (Å²) in [5.41, 5.74) is 2.83. The molecule has 162 valence electrons. The minimum absolute atomic E-state index is 0.127. The predicted molar refractivity (Wildman–Crippen MR) is 122 cm³/mol. The van der Waals surface area contributed by atoms with E-state index in [4.69, 9.17) is 4.74 Å². The number of methoxy groups -OCH3 is 1. The molecule has 0 saturated carbocycles. The van der Waals surface area contributed by atoms with Gasteiger partial charge in [0, 0.05) is 31.2 Å². The maximum atomic E-state index is 12.2. The number of anilines is 1. The van der Waals surface area contributed by atoms with Gasteiger partial charge in [0.1, 0.15) is 12.3 Å². The number of hydrogen-bond acceptors (Lipinski definition) is 4. The number of benzene rings is 2. The summed E-state index contributed by atoms with van der Waals surface area (Å²) < 4.78 is 6.86. The number of aliphatic imine (C=N–C) groups is 1. The van der Waals surface area contributed by atoms with Crippen LogP contribution < -0.4 is 20.7 Å². The summed E-state index contributed by atoms with van der Waals surface area (Å²) in [6.45, 7) is 4.07. The molecule has 2 aromatic carbocycles. The Bertz CT molecular complexity index is 1000. The molecule has 0 aliphatic rings. The van der Waals surface area contributed by atoms with Gasteiger partial charge in [-0.1, -0.05) is 24.3 Å². The lowest BCUT2D eigenvalue weighted by Gasteiger charge is -2.12. The standard InChI is InChI=1S/C23H28N6O2/c1-3-24-23(26-16-19-8-5-10-21(14-19)31-2)25-15-18-7-4-9-20(13-18)28-22(30)17-29-12-6-11-27-29/h4-14H,3,15-17H2,1-2H3,(H,28,30)(H2,24,25,26). The number of guanidine groups is 1. The summed E-state index contributed by atoms with van der Waals surface area (Å²) in [7, 11) is 1.66. The average Bonchev–Trinajstić information content (AvgIpc) is 3.29. The minimum Gasteiger partial charge on any atom is -0.497 e. The van der Waals surface area contributed by atoms with Gasteiger partial charge in [-0.05, 0) is 48.4 Å². The summed E-state index contributed by atoms with van der Waals surface area (Å²) in [4.78, 5) is 16.8. The van der Waals surface area contributed by atoms with E-state index < -0.39 is 0 Å². The van der Waals surface area contributed by atoms with Gasteiger partial charge in [-0.2, -0.15) is 5.10 Å². The van der Waals surface area contributed by atoms with Crippen LogP contribution in [0.25, 0.3) is 0 Å². The zero-order chi connectivity index (χ0) is 21.9. The second kappa shape index (κ2) is 11.4. The molecule has 0 radical (unpaired) electrons. The molecule has 0 spiro atoms. The first-order valence-electron chi connectivity index (χ1n) is 10.2. The fourth-order valence-electron chi connectivity index (χ4n) is 2.97. The second-order valence-corrected chi connectivity index (χ2v) is 6.85. The first-order valence-corrected chi connectivity index (χ1v) is 10.2. The Morgan fingerprint density at radius 3 is 2.71 bits per heavy atom. The molecule has 0 aliphatic carbocycles. The highest BCUT2D eigenvalue weighted by molar-refractivity contribution is 5.90. The molecule has 0 fully saturated rings. The molecule has 3 aromatic rings. The third-order valence-corrected chi connectivity index (χ3v) is 4.43. The van der Waals surface area contributed by atoms with Crippen LogP contribution >= 0.6 is 0 Å². The molecule has 3 N–H and O–H groups in total. The van der Waals surface area contributed by atoms with E-state index in [9.17, 15) is 4.79 Å². The number of carbonyl (C=O) groups excluding carboxylic acids is 1. The van der Waals surface area contributed by atoms with Gasteiger partial charge in [0.15, 0.2) is 5.96 Å². The normalized spacial score (nSPS) is 11.1. The van der Waals surface area contributed by atoms with E-state index >= 15 is 0 Å². The number of nitrogens with zero attached hydrogens (tertiary/aromatic N) is 3. The molecule has 0 unspecified atom stereocenters. The van der Waals surface area contributed by atoms with Gasteiger partial charge in [-0.3, -0.25) is 9.48 Å². The van der Waals surface area contributed by atoms with Crippen LogP contribution in [0.2, 0.25) is 0 Å². The van der Waals surface area contributed by atoms with E-state index in [1.54, 1.807) is 30.3 Å². The van der Waals surface area contributed by atoms with Crippen molar-refractivity contribution in [1.29, 1.82) is 0 Å². The number of aromatic nitrogens is 2. The van der Waals surface area contributed by atoms with Crippen molar-refractivity contribution < 1.29 is 9.53 Å². The van der Waals surface area contributed by atoms with E-state index in [0.717, 1.165) is 35.1 Å². The Morgan fingerprint density at radius 1 is 1.10 bits per heavy atom. The minimum atomic E-state index is -0.127. The summed E-state index contributed by atoms with van der Waals surface area (Å²) in [5.74, 6) is 1.42. The summed E-state index contributed by atoms with van der Waals surface area (Å²) in [6, 6.07) is 17.4. The van der Waals surface area contributed by atoms with Gasteiger partial charge in [0.25, 0.3) is 0 Å². The van der Waals surface area contributed by atoms with Gasteiger partial charge in [0.2, 0.25) is 5.91 Å². The van der Waals surface area contributed by atoms with E-state index in [-0.39, 0.29) is 12.5 Å². The van der Waals surface area contributed by atoms with E-state index in [1.807, 2.05) is 55.5 Å². The van der Waals surface area contributed by atoms with E-state index in [0.29, 0.717) is 13.1 Å². The highest BCUT2D eigenvalue weighted by Gasteiger charge is 2.05. The van der Waals surface area contributed by atoms with Gasteiger partial charge in [-0.25, -0.2) is 4.99 Å². The van der Waals surface area contributed by atoms with Gasteiger partial charge >= 0.3 is 0 Å². The Kier molecular flexibility index (Phi) is 8.05. The predicted octanol–water partition coefficient (Wildman–Crippen LogP) is 2.79. The Morgan fingerprint density at radius 2 is 1.94 bits per heavy atom. The quantitative estimate of drug-likeness (QED) is 0.366. The molecule has 0 aliphatic heterocycles. The maximum Gasteiger partial charge on any atom is 0.246 e. The third kappa shape index (κ3) is 7.18.